The minimum Gasteiger partial charge on any atom is -0.509 e. The van der Waals surface area contributed by atoms with Crippen LogP contribution in [0, 0.1) is 0 Å². The van der Waals surface area contributed by atoms with Crippen LogP contribution in [0.15, 0.2) is 78.1 Å². The van der Waals surface area contributed by atoms with E-state index in [4.69, 9.17) is 4.74 Å². The first-order chi connectivity index (χ1) is 15.0. The highest BCUT2D eigenvalue weighted by atomic mass is 16.5. The van der Waals surface area contributed by atoms with Crippen LogP contribution >= 0.6 is 0 Å². The molecule has 0 aliphatic carbocycles. The topological polar surface area (TPSA) is 75.6 Å². The summed E-state index contributed by atoms with van der Waals surface area (Å²) in [5, 5.41) is 15.4. The molecular weight excluding hydrogens is 390 g/mol. The number of benzene rings is 3. The van der Waals surface area contributed by atoms with Crippen LogP contribution in [0.5, 0.6) is 5.75 Å². The number of carbonyl (C=O) groups excluding carboxylic acids is 2. The molecular formula is C26H25NO4. The molecule has 0 spiro atoms. The molecule has 1 aliphatic rings. The van der Waals surface area contributed by atoms with Crippen molar-refractivity contribution >= 4 is 22.5 Å². The van der Waals surface area contributed by atoms with E-state index < -0.39 is 17.9 Å². The molecule has 0 unspecified atom stereocenters. The van der Waals surface area contributed by atoms with Gasteiger partial charge in [-0.05, 0) is 46.9 Å². The maximum Gasteiger partial charge on any atom is 0.259 e. The monoisotopic (exact) mass is 415 g/mol. The summed E-state index contributed by atoms with van der Waals surface area (Å²) in [6, 6.07) is 20.8. The summed E-state index contributed by atoms with van der Waals surface area (Å²) in [6.07, 6.45) is 1.23. The van der Waals surface area contributed by atoms with Crippen LogP contribution in [-0.4, -0.2) is 29.9 Å². The molecule has 1 heterocycles. The Morgan fingerprint density at radius 3 is 2.52 bits per heavy atom. The van der Waals surface area contributed by atoms with E-state index in [1.807, 2.05) is 66.7 Å². The number of Topliss-reactive ketones (excluding diaryl/α,β-unsaturated/α-hetero) is 1. The van der Waals surface area contributed by atoms with Gasteiger partial charge in [-0.2, -0.15) is 0 Å². The number of hydrogen-bond donors (Lipinski definition) is 2. The van der Waals surface area contributed by atoms with Gasteiger partial charge in [-0.3, -0.25) is 9.59 Å². The third kappa shape index (κ3) is 4.17. The van der Waals surface area contributed by atoms with Crippen molar-refractivity contribution in [1.82, 2.24) is 5.32 Å². The highest BCUT2D eigenvalue weighted by Gasteiger charge is 2.37. The van der Waals surface area contributed by atoms with Crippen LogP contribution in [0.3, 0.4) is 0 Å². The third-order valence-corrected chi connectivity index (χ3v) is 5.89. The highest BCUT2D eigenvalue weighted by molar-refractivity contribution is 6.23. The molecule has 3 aromatic rings. The van der Waals surface area contributed by atoms with Crippen molar-refractivity contribution in [3.63, 3.8) is 0 Å². The van der Waals surface area contributed by atoms with Gasteiger partial charge in [-0.25, -0.2) is 0 Å². The van der Waals surface area contributed by atoms with Gasteiger partial charge in [0, 0.05) is 5.92 Å². The van der Waals surface area contributed by atoms with Gasteiger partial charge in [0.15, 0.2) is 5.78 Å². The van der Waals surface area contributed by atoms with Crippen LogP contribution < -0.4 is 10.1 Å². The van der Waals surface area contributed by atoms with Crippen molar-refractivity contribution in [3.05, 3.63) is 89.2 Å². The minimum absolute atomic E-state index is 0.125. The Balaban J connectivity index is 1.53. The number of ketones is 1. The molecule has 158 valence electrons. The Hall–Kier alpha value is -3.60. The average molecular weight is 415 g/mol. The summed E-state index contributed by atoms with van der Waals surface area (Å²) in [5.74, 6) is -0.808. The first-order valence-electron chi connectivity index (χ1n) is 10.4. The predicted octanol–water partition coefficient (Wildman–Crippen LogP) is 4.46. The van der Waals surface area contributed by atoms with Crippen molar-refractivity contribution < 1.29 is 19.4 Å². The summed E-state index contributed by atoms with van der Waals surface area (Å²) in [4.78, 5) is 25.6. The highest BCUT2D eigenvalue weighted by Crippen LogP contribution is 2.29. The zero-order valence-electron chi connectivity index (χ0n) is 17.6. The van der Waals surface area contributed by atoms with E-state index in [0.29, 0.717) is 12.8 Å². The quantitative estimate of drug-likeness (QED) is 0.559. The fourth-order valence-corrected chi connectivity index (χ4v) is 4.00. The lowest BCUT2D eigenvalue weighted by Crippen LogP contribution is -2.30. The molecule has 2 atom stereocenters. The molecule has 1 aliphatic heterocycles. The fraction of sp³-hybridized carbons (Fsp3) is 0.231. The number of aliphatic hydroxyl groups is 1. The number of hydrogen-bond acceptors (Lipinski definition) is 4. The van der Waals surface area contributed by atoms with E-state index >= 15 is 0 Å². The number of ether oxygens (including phenoxy) is 1. The molecule has 2 N–H and O–H groups in total. The predicted molar refractivity (Wildman–Crippen MR) is 120 cm³/mol. The van der Waals surface area contributed by atoms with E-state index in [9.17, 15) is 14.7 Å². The number of amides is 1. The van der Waals surface area contributed by atoms with Gasteiger partial charge in [-0.15, -0.1) is 0 Å². The SMILES string of the molecule is COc1ccc2cc([C@H](C)C(=O)C3=C(O)[C@@H](CCc4ccccc4)NC3=O)ccc2c1. The minimum atomic E-state index is -0.553. The van der Waals surface area contributed by atoms with Crippen molar-refractivity contribution in [1.29, 1.82) is 0 Å². The number of methoxy groups -OCH3 is 1. The molecule has 31 heavy (non-hydrogen) atoms. The van der Waals surface area contributed by atoms with Crippen molar-refractivity contribution in [2.45, 2.75) is 31.7 Å². The Labute approximate surface area is 181 Å². The molecule has 4 rings (SSSR count). The largest absolute Gasteiger partial charge is 0.509 e. The molecule has 0 saturated carbocycles. The van der Waals surface area contributed by atoms with Gasteiger partial charge in [-0.1, -0.05) is 61.5 Å². The van der Waals surface area contributed by atoms with E-state index in [-0.39, 0.29) is 17.1 Å². The van der Waals surface area contributed by atoms with Gasteiger partial charge in [0.05, 0.1) is 13.2 Å². The van der Waals surface area contributed by atoms with Crippen LogP contribution in [0.2, 0.25) is 0 Å². The number of fused-ring (bicyclic) bond motifs is 1. The molecule has 0 aromatic heterocycles. The molecule has 1 amide bonds. The first kappa shape index (κ1) is 20.7. The van der Waals surface area contributed by atoms with Gasteiger partial charge in [0.2, 0.25) is 0 Å². The van der Waals surface area contributed by atoms with Crippen LogP contribution in [-0.2, 0) is 16.0 Å². The zero-order valence-corrected chi connectivity index (χ0v) is 17.6. The second-order valence-corrected chi connectivity index (χ2v) is 7.87. The number of carbonyl (C=O) groups is 2. The third-order valence-electron chi connectivity index (χ3n) is 5.89. The van der Waals surface area contributed by atoms with E-state index in [1.165, 1.54) is 0 Å². The molecule has 0 bridgehead atoms. The standard InChI is InChI=1S/C26H25NO4/c1-16(18-9-10-20-15-21(31-2)12-11-19(20)14-18)24(28)23-25(29)22(27-26(23)30)13-8-17-6-4-3-5-7-17/h3-7,9-12,14-16,22,29H,8,13H2,1-2H3,(H,27,30)/t16-,22+/m0/s1. The van der Waals surface area contributed by atoms with Crippen LogP contribution in [0.1, 0.15) is 30.4 Å². The van der Waals surface area contributed by atoms with Gasteiger partial charge < -0.3 is 15.2 Å². The Morgan fingerprint density at radius 1 is 1.06 bits per heavy atom. The summed E-state index contributed by atoms with van der Waals surface area (Å²) in [5.41, 5.74) is 1.79. The van der Waals surface area contributed by atoms with E-state index in [1.54, 1.807) is 14.0 Å². The van der Waals surface area contributed by atoms with E-state index in [2.05, 4.69) is 5.32 Å². The molecule has 0 saturated heterocycles. The normalized spacial score (nSPS) is 17.0. The summed E-state index contributed by atoms with van der Waals surface area (Å²) < 4.78 is 5.25. The summed E-state index contributed by atoms with van der Waals surface area (Å²) in [6.45, 7) is 1.76. The Kier molecular flexibility index (Phi) is 5.76. The van der Waals surface area contributed by atoms with Crippen molar-refractivity contribution in [3.8, 4) is 5.75 Å². The second kappa shape index (κ2) is 8.64. The maximum atomic E-state index is 13.1. The molecule has 0 fully saturated rings. The molecule has 0 radical (unpaired) electrons. The first-order valence-corrected chi connectivity index (χ1v) is 10.4. The van der Waals surface area contributed by atoms with Gasteiger partial charge in [0.25, 0.3) is 5.91 Å². The summed E-state index contributed by atoms with van der Waals surface area (Å²) in [7, 11) is 1.62. The van der Waals surface area contributed by atoms with Crippen LogP contribution in [0.25, 0.3) is 10.8 Å². The van der Waals surface area contributed by atoms with Crippen molar-refractivity contribution in [2.24, 2.45) is 0 Å². The van der Waals surface area contributed by atoms with E-state index in [0.717, 1.165) is 27.6 Å². The zero-order chi connectivity index (χ0) is 22.0. The average Bonchev–Trinajstić information content (AvgIpc) is 3.09. The van der Waals surface area contributed by atoms with Crippen LogP contribution in [0.4, 0.5) is 0 Å². The number of aliphatic hydroxyl groups excluding tert-OH is 1. The maximum absolute atomic E-state index is 13.1. The Morgan fingerprint density at radius 2 is 1.77 bits per heavy atom. The fourth-order valence-electron chi connectivity index (χ4n) is 4.00. The lowest BCUT2D eigenvalue weighted by atomic mass is 9.90. The number of nitrogens with one attached hydrogen (secondary N) is 1. The lowest BCUT2D eigenvalue weighted by Gasteiger charge is -2.13. The number of rotatable bonds is 7. The molecule has 3 aromatic carbocycles. The summed E-state index contributed by atoms with van der Waals surface area (Å²) >= 11 is 0. The van der Waals surface area contributed by atoms with Crippen molar-refractivity contribution in [2.75, 3.05) is 7.11 Å². The van der Waals surface area contributed by atoms with Gasteiger partial charge in [0.1, 0.15) is 17.1 Å². The van der Waals surface area contributed by atoms with Gasteiger partial charge >= 0.3 is 0 Å². The smallest absolute Gasteiger partial charge is 0.259 e. The number of aryl methyl sites for hydroxylation is 1. The lowest BCUT2D eigenvalue weighted by molar-refractivity contribution is -0.122. The molecule has 5 heteroatoms. The second-order valence-electron chi connectivity index (χ2n) is 7.87. The Bertz CT molecular complexity index is 1170. The molecule has 5 nitrogen and oxygen atoms in total.